The van der Waals surface area contributed by atoms with Crippen molar-refractivity contribution < 1.29 is 9.21 Å². The molecule has 1 aromatic heterocycles. The van der Waals surface area contributed by atoms with E-state index in [1.165, 1.54) is 0 Å². The van der Waals surface area contributed by atoms with Gasteiger partial charge in [-0.05, 0) is 28.3 Å². The van der Waals surface area contributed by atoms with Crippen LogP contribution in [0.3, 0.4) is 0 Å². The van der Waals surface area contributed by atoms with Crippen LogP contribution in [0.2, 0.25) is 0 Å². The van der Waals surface area contributed by atoms with Crippen LogP contribution in [-0.4, -0.2) is 6.29 Å². The summed E-state index contributed by atoms with van der Waals surface area (Å²) < 4.78 is 6.16. The molecule has 0 aliphatic rings. The highest BCUT2D eigenvalue weighted by Gasteiger charge is 2.16. The number of carbonyl (C=O) groups is 1. The normalized spacial score (nSPS) is 11.7. The SMILES string of the molecule is O=Cc1cc2ccccc2c2c1oc1c3ccccc3ccc12. The van der Waals surface area contributed by atoms with Gasteiger partial charge < -0.3 is 4.42 Å². The van der Waals surface area contributed by atoms with E-state index in [-0.39, 0.29) is 0 Å². The molecule has 1 heterocycles. The van der Waals surface area contributed by atoms with Crippen LogP contribution in [0.15, 0.2) is 71.1 Å². The van der Waals surface area contributed by atoms with Crippen molar-refractivity contribution in [3.8, 4) is 0 Å². The number of hydrogen-bond acceptors (Lipinski definition) is 2. The molecule has 0 unspecified atom stereocenters. The second-order valence-corrected chi connectivity index (χ2v) is 5.77. The number of rotatable bonds is 1. The number of hydrogen-bond donors (Lipinski definition) is 0. The molecule has 0 aliphatic carbocycles. The second-order valence-electron chi connectivity index (χ2n) is 5.77. The highest BCUT2D eigenvalue weighted by molar-refractivity contribution is 6.25. The summed E-state index contributed by atoms with van der Waals surface area (Å²) in [5.74, 6) is 0. The fourth-order valence-electron chi connectivity index (χ4n) is 3.47. The molecular weight excluding hydrogens is 284 g/mol. The molecular formula is C21H12O2. The molecule has 23 heavy (non-hydrogen) atoms. The van der Waals surface area contributed by atoms with E-state index in [0.717, 1.165) is 44.2 Å². The largest absolute Gasteiger partial charge is 0.455 e. The third-order valence-corrected chi connectivity index (χ3v) is 4.51. The van der Waals surface area contributed by atoms with Gasteiger partial charge in [-0.1, -0.05) is 54.6 Å². The zero-order valence-electron chi connectivity index (χ0n) is 12.2. The van der Waals surface area contributed by atoms with Crippen molar-refractivity contribution in [3.63, 3.8) is 0 Å². The Hall–Kier alpha value is -3.13. The van der Waals surface area contributed by atoms with Crippen LogP contribution in [0, 0.1) is 0 Å². The lowest BCUT2D eigenvalue weighted by atomic mass is 9.99. The van der Waals surface area contributed by atoms with Crippen molar-refractivity contribution in [2.24, 2.45) is 0 Å². The van der Waals surface area contributed by atoms with Gasteiger partial charge in [0.1, 0.15) is 11.2 Å². The van der Waals surface area contributed by atoms with Crippen LogP contribution in [0.5, 0.6) is 0 Å². The third-order valence-electron chi connectivity index (χ3n) is 4.51. The van der Waals surface area contributed by atoms with Crippen LogP contribution < -0.4 is 0 Å². The Labute approximate surface area is 131 Å². The Bertz CT molecular complexity index is 1230. The molecule has 4 aromatic carbocycles. The van der Waals surface area contributed by atoms with Crippen molar-refractivity contribution in [1.29, 1.82) is 0 Å². The summed E-state index contributed by atoms with van der Waals surface area (Å²) in [6, 6.07) is 22.4. The van der Waals surface area contributed by atoms with E-state index in [4.69, 9.17) is 4.42 Å². The van der Waals surface area contributed by atoms with Crippen molar-refractivity contribution in [2.75, 3.05) is 0 Å². The van der Waals surface area contributed by atoms with Gasteiger partial charge in [0.2, 0.25) is 0 Å². The second kappa shape index (κ2) is 4.43. The summed E-state index contributed by atoms with van der Waals surface area (Å²) in [6.07, 6.45) is 0.874. The van der Waals surface area contributed by atoms with Crippen molar-refractivity contribution in [2.45, 2.75) is 0 Å². The van der Waals surface area contributed by atoms with Gasteiger partial charge in [-0.25, -0.2) is 0 Å². The molecule has 0 fully saturated rings. The monoisotopic (exact) mass is 296 g/mol. The molecule has 2 nitrogen and oxygen atoms in total. The van der Waals surface area contributed by atoms with E-state index in [0.29, 0.717) is 11.1 Å². The fraction of sp³-hybridized carbons (Fsp3) is 0. The summed E-state index contributed by atoms with van der Waals surface area (Å²) in [6.45, 7) is 0. The first-order valence-electron chi connectivity index (χ1n) is 7.58. The van der Waals surface area contributed by atoms with Gasteiger partial charge in [-0.3, -0.25) is 4.79 Å². The molecule has 0 bridgehead atoms. The van der Waals surface area contributed by atoms with Gasteiger partial charge in [-0.2, -0.15) is 0 Å². The minimum Gasteiger partial charge on any atom is -0.455 e. The Morgan fingerprint density at radius 2 is 1.43 bits per heavy atom. The van der Waals surface area contributed by atoms with Crippen molar-refractivity contribution in [1.82, 2.24) is 0 Å². The lowest BCUT2D eigenvalue weighted by Crippen LogP contribution is -1.83. The molecule has 0 N–H and O–H groups in total. The average molecular weight is 296 g/mol. The molecule has 0 radical (unpaired) electrons. The molecule has 0 atom stereocenters. The summed E-state index contributed by atoms with van der Waals surface area (Å²) in [5.41, 5.74) is 2.11. The van der Waals surface area contributed by atoms with Crippen LogP contribution in [0.1, 0.15) is 10.4 Å². The lowest BCUT2D eigenvalue weighted by Gasteiger charge is -2.01. The van der Waals surface area contributed by atoms with Crippen molar-refractivity contribution >= 4 is 49.8 Å². The number of furan rings is 1. The van der Waals surface area contributed by atoms with Crippen LogP contribution >= 0.6 is 0 Å². The van der Waals surface area contributed by atoms with Gasteiger partial charge in [0, 0.05) is 16.2 Å². The van der Waals surface area contributed by atoms with Crippen LogP contribution in [0.25, 0.3) is 43.5 Å². The smallest absolute Gasteiger partial charge is 0.153 e. The van der Waals surface area contributed by atoms with E-state index in [1.54, 1.807) is 0 Å². The maximum Gasteiger partial charge on any atom is 0.153 e. The molecule has 0 spiro atoms. The predicted molar refractivity (Wildman–Crippen MR) is 94.1 cm³/mol. The summed E-state index contributed by atoms with van der Waals surface area (Å²) in [5, 5.41) is 6.45. The summed E-state index contributed by atoms with van der Waals surface area (Å²) in [7, 11) is 0. The molecule has 0 saturated carbocycles. The molecule has 2 heteroatoms. The van der Waals surface area contributed by atoms with Gasteiger partial charge >= 0.3 is 0 Å². The molecule has 0 aliphatic heterocycles. The quantitative estimate of drug-likeness (QED) is 0.371. The van der Waals surface area contributed by atoms with E-state index < -0.39 is 0 Å². The molecule has 5 aromatic rings. The van der Waals surface area contributed by atoms with Gasteiger partial charge in [0.05, 0.1) is 5.56 Å². The first-order chi connectivity index (χ1) is 11.4. The Balaban J connectivity index is 2.14. The maximum atomic E-state index is 11.5. The third kappa shape index (κ3) is 1.60. The summed E-state index contributed by atoms with van der Waals surface area (Å²) >= 11 is 0. The van der Waals surface area contributed by atoms with E-state index in [9.17, 15) is 4.79 Å². The predicted octanol–water partition coefficient (Wildman–Crippen LogP) is 5.70. The Kier molecular flexibility index (Phi) is 2.39. The number of fused-ring (bicyclic) bond motifs is 7. The van der Waals surface area contributed by atoms with E-state index >= 15 is 0 Å². The Morgan fingerprint density at radius 1 is 0.696 bits per heavy atom. The van der Waals surface area contributed by atoms with Crippen molar-refractivity contribution in [3.05, 3.63) is 72.3 Å². The average Bonchev–Trinajstić information content (AvgIpc) is 3.01. The molecule has 108 valence electrons. The van der Waals surface area contributed by atoms with E-state index in [1.807, 2.05) is 36.4 Å². The maximum absolute atomic E-state index is 11.5. The topological polar surface area (TPSA) is 30.2 Å². The first kappa shape index (κ1) is 12.4. The number of benzene rings is 4. The number of carbonyl (C=O) groups excluding carboxylic acids is 1. The molecule has 0 saturated heterocycles. The van der Waals surface area contributed by atoms with Crippen LogP contribution in [0.4, 0.5) is 0 Å². The summed E-state index contributed by atoms with van der Waals surface area (Å²) in [4.78, 5) is 11.5. The molecule has 5 rings (SSSR count). The fourth-order valence-corrected chi connectivity index (χ4v) is 3.47. The van der Waals surface area contributed by atoms with Gasteiger partial charge in [-0.15, -0.1) is 0 Å². The van der Waals surface area contributed by atoms with Gasteiger partial charge in [0.25, 0.3) is 0 Å². The number of aldehydes is 1. The van der Waals surface area contributed by atoms with Crippen LogP contribution in [-0.2, 0) is 0 Å². The Morgan fingerprint density at radius 3 is 2.26 bits per heavy atom. The minimum absolute atomic E-state index is 0.596. The minimum atomic E-state index is 0.596. The zero-order chi connectivity index (χ0) is 15.4. The highest BCUT2D eigenvalue weighted by Crippen LogP contribution is 2.39. The lowest BCUT2D eigenvalue weighted by molar-refractivity contribution is 0.112. The van der Waals surface area contributed by atoms with E-state index in [2.05, 4.69) is 30.3 Å². The van der Waals surface area contributed by atoms with Gasteiger partial charge in [0.15, 0.2) is 6.29 Å². The zero-order valence-corrected chi connectivity index (χ0v) is 12.2. The molecule has 0 amide bonds. The first-order valence-corrected chi connectivity index (χ1v) is 7.58. The highest BCUT2D eigenvalue weighted by atomic mass is 16.3. The standard InChI is InChI=1S/C21H12O2/c22-12-15-11-14-6-2-3-7-16(14)19-18-10-9-13-5-1-4-8-17(13)21(18)23-20(15)19/h1-12H.